The lowest BCUT2D eigenvalue weighted by Crippen LogP contribution is -2.34. The van der Waals surface area contributed by atoms with Crippen LogP contribution in [-0.2, 0) is 12.6 Å². The molecule has 3 heterocycles. The van der Waals surface area contributed by atoms with Gasteiger partial charge in [-0.3, -0.25) is 14.7 Å². The fourth-order valence-corrected chi connectivity index (χ4v) is 5.40. The van der Waals surface area contributed by atoms with Crippen molar-refractivity contribution >= 4 is 50.1 Å². The number of pyridine rings is 2. The summed E-state index contributed by atoms with van der Waals surface area (Å²) in [7, 11) is 0. The molecule has 0 spiro atoms. The molecule has 2 N–H and O–H groups in total. The van der Waals surface area contributed by atoms with Gasteiger partial charge >= 0.3 is 6.18 Å². The number of aryl methyl sites for hydroxylation is 1. The molecule has 1 aliphatic carbocycles. The highest BCUT2D eigenvalue weighted by atomic mass is 32.1. The smallest absolute Gasteiger partial charge is 0.383 e. The number of amides is 1. The Morgan fingerprint density at radius 2 is 1.94 bits per heavy atom. The zero-order valence-electron chi connectivity index (χ0n) is 18.5. The molecule has 0 fully saturated rings. The van der Waals surface area contributed by atoms with Crippen LogP contribution in [0.1, 0.15) is 39.5 Å². The molecule has 0 aliphatic heterocycles. The molecule has 0 saturated heterocycles. The number of benzene rings is 2. The van der Waals surface area contributed by atoms with Crippen LogP contribution in [0.5, 0.6) is 0 Å². The van der Waals surface area contributed by atoms with Crippen LogP contribution in [0.3, 0.4) is 0 Å². The number of hydrogen-bond donors (Lipinski definition) is 1. The minimum atomic E-state index is -4.43. The zero-order valence-corrected chi connectivity index (χ0v) is 19.3. The van der Waals surface area contributed by atoms with Crippen LogP contribution in [0.2, 0.25) is 0 Å². The second-order valence-electron chi connectivity index (χ2n) is 8.52. The van der Waals surface area contributed by atoms with Gasteiger partial charge in [-0.05, 0) is 60.4 Å². The fourth-order valence-electron chi connectivity index (χ4n) is 4.82. The number of rotatable bonds is 3. The van der Waals surface area contributed by atoms with Crippen molar-refractivity contribution in [2.24, 2.45) is 0 Å². The van der Waals surface area contributed by atoms with Crippen LogP contribution in [0, 0.1) is 0 Å². The first-order valence-electron chi connectivity index (χ1n) is 11.0. The first kappa shape index (κ1) is 22.4. The molecule has 7 nitrogen and oxygen atoms in total. The van der Waals surface area contributed by atoms with Crippen molar-refractivity contribution in [1.29, 1.82) is 0 Å². The topological polar surface area (TPSA) is 97.9 Å². The summed E-state index contributed by atoms with van der Waals surface area (Å²) in [4.78, 5) is 28.4. The molecule has 2 aromatic carbocycles. The van der Waals surface area contributed by atoms with Gasteiger partial charge in [0.05, 0.1) is 17.1 Å². The minimum Gasteiger partial charge on any atom is -0.383 e. The summed E-state index contributed by atoms with van der Waals surface area (Å²) < 4.78 is 43.8. The summed E-state index contributed by atoms with van der Waals surface area (Å²) >= 11 is 1.06. The van der Waals surface area contributed by atoms with E-state index >= 15 is 0 Å². The third-order valence-electron chi connectivity index (χ3n) is 6.47. The van der Waals surface area contributed by atoms with Crippen LogP contribution in [0.15, 0.2) is 61.2 Å². The molecule has 11 heteroatoms. The Morgan fingerprint density at radius 1 is 1.08 bits per heavy atom. The van der Waals surface area contributed by atoms with Crippen molar-refractivity contribution in [2.75, 3.05) is 10.6 Å². The molecule has 36 heavy (non-hydrogen) atoms. The van der Waals surface area contributed by atoms with Crippen molar-refractivity contribution < 1.29 is 18.0 Å². The standard InChI is InChI=1S/C25H17F3N6OS/c26-25(27,28)15-3-4-16-13(9-15)2-6-21(16)34(24-31-12-32-36-24)23(35)14-1-5-20-18(10-14)19-11-30-8-7-17(19)22(29)33-20/h1,3-5,7-12,21H,2,6H2,(H2,29,33)/t21-/m1/s1. The minimum absolute atomic E-state index is 0.333. The maximum atomic E-state index is 13.9. The SMILES string of the molecule is Nc1nc2ccc(C(=O)N(c3ncns3)[C@@H]3CCc4cc(C(F)(F)F)ccc43)cc2c2cnccc12. The van der Waals surface area contributed by atoms with E-state index in [9.17, 15) is 18.0 Å². The van der Waals surface area contributed by atoms with Crippen molar-refractivity contribution in [3.05, 3.63) is 83.4 Å². The third-order valence-corrected chi connectivity index (χ3v) is 7.14. The fraction of sp³-hybridized carbons (Fsp3) is 0.160. The summed E-state index contributed by atoms with van der Waals surface area (Å²) in [6.07, 6.45) is 1.12. The van der Waals surface area contributed by atoms with Gasteiger partial charge in [0.15, 0.2) is 0 Å². The first-order chi connectivity index (χ1) is 17.3. The van der Waals surface area contributed by atoms with E-state index in [1.807, 2.05) is 0 Å². The molecule has 1 atom stereocenters. The van der Waals surface area contributed by atoms with Gasteiger partial charge < -0.3 is 5.73 Å². The Kier molecular flexibility index (Phi) is 5.11. The van der Waals surface area contributed by atoms with Crippen molar-refractivity contribution in [2.45, 2.75) is 25.1 Å². The van der Waals surface area contributed by atoms with Gasteiger partial charge in [-0.1, -0.05) is 6.07 Å². The van der Waals surface area contributed by atoms with E-state index in [0.29, 0.717) is 46.0 Å². The van der Waals surface area contributed by atoms with Crippen LogP contribution >= 0.6 is 11.5 Å². The van der Waals surface area contributed by atoms with Gasteiger partial charge in [0.1, 0.15) is 12.1 Å². The Balaban J connectivity index is 1.45. The van der Waals surface area contributed by atoms with E-state index in [-0.39, 0.29) is 5.91 Å². The van der Waals surface area contributed by atoms with E-state index in [2.05, 4.69) is 19.3 Å². The number of anilines is 2. The number of nitrogen functional groups attached to an aromatic ring is 1. The number of carbonyl (C=O) groups excluding carboxylic acids is 1. The van der Waals surface area contributed by atoms with Crippen LogP contribution in [0.25, 0.3) is 21.7 Å². The third kappa shape index (κ3) is 3.63. The van der Waals surface area contributed by atoms with E-state index in [1.165, 1.54) is 23.4 Å². The molecule has 0 radical (unpaired) electrons. The van der Waals surface area contributed by atoms with E-state index in [0.717, 1.165) is 33.8 Å². The highest BCUT2D eigenvalue weighted by Crippen LogP contribution is 2.42. The summed E-state index contributed by atoms with van der Waals surface area (Å²) in [6, 6.07) is 10.1. The highest BCUT2D eigenvalue weighted by Gasteiger charge is 2.37. The number of hydrogen-bond acceptors (Lipinski definition) is 7. The Labute approximate surface area is 206 Å². The molecule has 0 unspecified atom stereocenters. The number of halogens is 3. The average Bonchev–Trinajstić information content (AvgIpc) is 3.54. The van der Waals surface area contributed by atoms with E-state index < -0.39 is 17.8 Å². The molecule has 3 aromatic heterocycles. The molecular formula is C25H17F3N6OS. The van der Waals surface area contributed by atoms with Crippen LogP contribution < -0.4 is 10.6 Å². The Hall–Kier alpha value is -4.12. The Bertz CT molecular complexity index is 1640. The molecule has 5 aromatic rings. The molecule has 0 bridgehead atoms. The number of carbonyl (C=O) groups is 1. The highest BCUT2D eigenvalue weighted by molar-refractivity contribution is 7.09. The summed E-state index contributed by atoms with van der Waals surface area (Å²) in [5.41, 5.74) is 7.66. The number of nitrogens with zero attached hydrogens (tertiary/aromatic N) is 5. The number of nitrogens with two attached hydrogens (primary N) is 1. The maximum absolute atomic E-state index is 13.9. The second-order valence-corrected chi connectivity index (χ2v) is 9.27. The average molecular weight is 507 g/mol. The first-order valence-corrected chi connectivity index (χ1v) is 11.8. The Morgan fingerprint density at radius 3 is 2.72 bits per heavy atom. The van der Waals surface area contributed by atoms with Gasteiger partial charge in [-0.15, -0.1) is 0 Å². The number of alkyl halides is 3. The molecule has 0 saturated carbocycles. The predicted molar refractivity (Wildman–Crippen MR) is 131 cm³/mol. The van der Waals surface area contributed by atoms with Gasteiger partial charge in [0, 0.05) is 45.6 Å². The predicted octanol–water partition coefficient (Wildman–Crippen LogP) is 5.57. The molecular weight excluding hydrogens is 489 g/mol. The molecule has 1 amide bonds. The quantitative estimate of drug-likeness (QED) is 0.321. The lowest BCUT2D eigenvalue weighted by molar-refractivity contribution is -0.137. The van der Waals surface area contributed by atoms with E-state index in [4.69, 9.17) is 5.73 Å². The zero-order chi connectivity index (χ0) is 25.0. The van der Waals surface area contributed by atoms with Gasteiger partial charge in [-0.25, -0.2) is 9.97 Å². The molecule has 6 rings (SSSR count). The number of aromatic nitrogens is 4. The van der Waals surface area contributed by atoms with Gasteiger partial charge in [-0.2, -0.15) is 17.5 Å². The second kappa shape index (κ2) is 8.23. The lowest BCUT2D eigenvalue weighted by atomic mass is 10.0. The maximum Gasteiger partial charge on any atom is 0.416 e. The van der Waals surface area contributed by atoms with Crippen molar-refractivity contribution in [3.63, 3.8) is 0 Å². The van der Waals surface area contributed by atoms with Crippen molar-refractivity contribution in [3.8, 4) is 0 Å². The van der Waals surface area contributed by atoms with E-state index in [1.54, 1.807) is 36.7 Å². The summed E-state index contributed by atoms with van der Waals surface area (Å²) in [5.74, 6) is 0.0375. The summed E-state index contributed by atoms with van der Waals surface area (Å²) in [5, 5.41) is 2.59. The van der Waals surface area contributed by atoms with Gasteiger partial charge in [0.2, 0.25) is 5.13 Å². The summed E-state index contributed by atoms with van der Waals surface area (Å²) in [6.45, 7) is 0. The lowest BCUT2D eigenvalue weighted by Gasteiger charge is -2.27. The number of fused-ring (bicyclic) bond motifs is 4. The molecule has 1 aliphatic rings. The van der Waals surface area contributed by atoms with Crippen molar-refractivity contribution in [1.82, 2.24) is 19.3 Å². The normalized spacial score (nSPS) is 15.4. The molecule has 180 valence electrons. The largest absolute Gasteiger partial charge is 0.416 e. The van der Waals surface area contributed by atoms with Crippen LogP contribution in [0.4, 0.5) is 24.1 Å². The van der Waals surface area contributed by atoms with Crippen LogP contribution in [-0.4, -0.2) is 25.2 Å². The van der Waals surface area contributed by atoms with Gasteiger partial charge in [0.25, 0.3) is 5.91 Å². The monoisotopic (exact) mass is 506 g/mol.